The SMILES string of the molecule is CC(C)(C)OC(=O)[15NH][13CH2][13CH2][13CH2][13CH2][13C@@H]([15NH2])[13C](=O)O. The molecule has 0 aromatic carbocycles. The molecule has 0 fully saturated rings. The largest absolute Gasteiger partial charge is 0.480 e. The monoisotopic (exact) mass is 254 g/mol. The highest BCUT2D eigenvalue weighted by molar-refractivity contribution is 5.72. The molecule has 0 saturated carbocycles. The summed E-state index contributed by atoms with van der Waals surface area (Å²) in [5.74, 6) is -0.995. The maximum Gasteiger partial charge on any atom is 0.407 e. The highest BCUT2D eigenvalue weighted by Crippen LogP contribution is 2.06. The fourth-order valence-corrected chi connectivity index (χ4v) is 1.12. The van der Waals surface area contributed by atoms with Crippen molar-refractivity contribution in [2.24, 2.45) is 5.73 Å². The first-order chi connectivity index (χ1) is 7.72. The van der Waals surface area contributed by atoms with Crippen LogP contribution in [0.5, 0.6) is 0 Å². The first kappa shape index (κ1) is 15.7. The second-order valence-corrected chi connectivity index (χ2v) is 4.87. The number of hydrogen-bond donors (Lipinski definition) is 3. The van der Waals surface area contributed by atoms with Crippen LogP contribution in [0.25, 0.3) is 0 Å². The van der Waals surface area contributed by atoms with Gasteiger partial charge in [0.05, 0.1) is 0 Å². The predicted molar refractivity (Wildman–Crippen MR) is 63.7 cm³/mol. The predicted octanol–water partition coefficient (Wildman–Crippen LogP) is 1.09. The van der Waals surface area contributed by atoms with Crippen LogP contribution in [0, 0.1) is 0 Å². The van der Waals surface area contributed by atoms with Crippen LogP contribution in [0.2, 0.25) is 0 Å². The maximum absolute atomic E-state index is 11.2. The Hall–Kier alpha value is -1.30. The third-order valence-corrected chi connectivity index (χ3v) is 1.93. The van der Waals surface area contributed by atoms with Crippen molar-refractivity contribution in [2.45, 2.75) is 51.7 Å². The molecule has 17 heavy (non-hydrogen) atoms. The van der Waals surface area contributed by atoms with Crippen LogP contribution >= 0.6 is 0 Å². The molecule has 6 heteroatoms. The number of carboxylic acids is 1. The van der Waals surface area contributed by atoms with E-state index in [4.69, 9.17) is 15.6 Å². The van der Waals surface area contributed by atoms with E-state index in [-0.39, 0.29) is 0 Å². The van der Waals surface area contributed by atoms with E-state index < -0.39 is 23.7 Å². The van der Waals surface area contributed by atoms with Crippen LogP contribution in [0.3, 0.4) is 0 Å². The van der Waals surface area contributed by atoms with E-state index in [1.54, 1.807) is 20.8 Å². The summed E-state index contributed by atoms with van der Waals surface area (Å²) >= 11 is 0. The summed E-state index contributed by atoms with van der Waals surface area (Å²) in [6.45, 7) is 5.83. The van der Waals surface area contributed by atoms with Crippen molar-refractivity contribution in [3.8, 4) is 0 Å². The third-order valence-electron chi connectivity index (χ3n) is 1.93. The number of carboxylic acid groups (broad SMARTS) is 1. The Labute approximate surface area is 102 Å². The van der Waals surface area contributed by atoms with E-state index in [1.807, 2.05) is 0 Å². The number of nitrogens with one attached hydrogen (secondary N) is 1. The van der Waals surface area contributed by atoms with E-state index in [9.17, 15) is 9.59 Å². The van der Waals surface area contributed by atoms with Crippen molar-refractivity contribution < 1.29 is 19.4 Å². The lowest BCUT2D eigenvalue weighted by molar-refractivity contribution is -0.138. The second-order valence-electron chi connectivity index (χ2n) is 4.87. The normalized spacial score (nSPS) is 12.9. The Morgan fingerprint density at radius 1 is 1.35 bits per heavy atom. The molecule has 0 aliphatic heterocycles. The van der Waals surface area contributed by atoms with Crippen molar-refractivity contribution in [3.63, 3.8) is 0 Å². The molecule has 1 atom stereocenters. The fourth-order valence-electron chi connectivity index (χ4n) is 1.12. The molecule has 4 N–H and O–H groups in total. The van der Waals surface area contributed by atoms with Gasteiger partial charge < -0.3 is 20.9 Å². The molecule has 0 aliphatic carbocycles. The van der Waals surface area contributed by atoms with Crippen LogP contribution in [-0.2, 0) is 9.53 Å². The van der Waals surface area contributed by atoms with Gasteiger partial charge in [0, 0.05) is 6.54 Å². The van der Waals surface area contributed by atoms with E-state index in [2.05, 4.69) is 5.32 Å². The van der Waals surface area contributed by atoms with Gasteiger partial charge in [-0.15, -0.1) is 0 Å². The van der Waals surface area contributed by atoms with E-state index in [0.717, 1.165) is 0 Å². The highest BCUT2D eigenvalue weighted by Gasteiger charge is 2.15. The van der Waals surface area contributed by atoms with E-state index in [1.165, 1.54) is 0 Å². The summed E-state index contributed by atoms with van der Waals surface area (Å²) in [7, 11) is 0. The Morgan fingerprint density at radius 2 is 1.94 bits per heavy atom. The topological polar surface area (TPSA) is 102 Å². The number of hydrogen-bond acceptors (Lipinski definition) is 4. The first-order valence-electron chi connectivity index (χ1n) is 5.67. The van der Waals surface area contributed by atoms with Gasteiger partial charge in [0.25, 0.3) is 0 Å². The summed E-state index contributed by atoms with van der Waals surface area (Å²) in [6, 6.07) is -0.823. The maximum atomic E-state index is 11.2. The van der Waals surface area contributed by atoms with Crippen molar-refractivity contribution in [2.75, 3.05) is 6.54 Å². The summed E-state index contributed by atoms with van der Waals surface area (Å²) in [4.78, 5) is 21.6. The minimum absolute atomic E-state index is 0.408. The number of nitrogens with two attached hydrogens (primary N) is 1. The molecule has 0 aliphatic rings. The zero-order chi connectivity index (χ0) is 13.5. The van der Waals surface area contributed by atoms with Crippen LogP contribution in [0.4, 0.5) is 4.79 Å². The van der Waals surface area contributed by atoms with Gasteiger partial charge in [0.15, 0.2) is 0 Å². The second kappa shape index (κ2) is 7.11. The van der Waals surface area contributed by atoms with Crippen LogP contribution in [0.15, 0.2) is 0 Å². The van der Waals surface area contributed by atoms with E-state index >= 15 is 0 Å². The molecule has 0 rings (SSSR count). The number of unbranched alkanes of at least 4 members (excludes halogenated alkanes) is 1. The van der Waals surface area contributed by atoms with Crippen LogP contribution in [0.1, 0.15) is 40.0 Å². The number of aliphatic carboxylic acids is 1. The van der Waals surface area contributed by atoms with Gasteiger partial charge in [0.2, 0.25) is 0 Å². The highest BCUT2D eigenvalue weighted by atomic mass is 16.6. The molecule has 0 radical (unpaired) electrons. The minimum atomic E-state index is -0.995. The lowest BCUT2D eigenvalue weighted by Gasteiger charge is -2.19. The Balaban J connectivity index is 3.52. The Kier molecular flexibility index (Phi) is 6.57. The zero-order valence-corrected chi connectivity index (χ0v) is 10.7. The smallest absolute Gasteiger partial charge is 0.407 e. The van der Waals surface area contributed by atoms with Gasteiger partial charge in [0.1, 0.15) is 11.6 Å². The number of amides is 1. The summed E-state index contributed by atoms with van der Waals surface area (Å²) < 4.78 is 5.03. The number of ether oxygens (including phenoxy) is 1. The molecule has 0 spiro atoms. The molecule has 0 aromatic heterocycles. The first-order valence-corrected chi connectivity index (χ1v) is 5.67. The number of alkyl carbamates (subject to hydrolysis) is 1. The molecular weight excluding hydrogens is 232 g/mol. The van der Waals surface area contributed by atoms with Gasteiger partial charge in [-0.1, -0.05) is 0 Å². The van der Waals surface area contributed by atoms with Crippen molar-refractivity contribution in [3.05, 3.63) is 0 Å². The number of rotatable bonds is 6. The van der Waals surface area contributed by atoms with Gasteiger partial charge in [-0.2, -0.15) is 0 Å². The summed E-state index contributed by atoms with van der Waals surface area (Å²) in [5.41, 5.74) is 4.83. The standard InChI is InChI=1S/C11H22N2O4/c1-11(2,3)17-10(16)13-7-5-4-6-8(12)9(14)15/h8H,4-7,12H2,1-3H3,(H,13,16)(H,14,15)/t8-/m1/s1/i4+1,5+1,6+1,7+1,8+1,9+1,12+1,13+1. The van der Waals surface area contributed by atoms with Gasteiger partial charge in [-0.3, -0.25) is 4.79 Å². The van der Waals surface area contributed by atoms with Crippen LogP contribution in [-0.4, -0.2) is 35.4 Å². The summed E-state index contributed by atoms with van der Waals surface area (Å²) in [6.07, 6.45) is 1.29. The van der Waals surface area contributed by atoms with E-state index in [0.29, 0.717) is 25.8 Å². The van der Waals surface area contributed by atoms with Crippen molar-refractivity contribution in [1.29, 1.82) is 0 Å². The molecule has 6 nitrogen and oxygen atoms in total. The molecule has 0 aromatic rings. The van der Waals surface area contributed by atoms with Crippen molar-refractivity contribution >= 4 is 12.1 Å². The number of carbonyl (C=O) groups excluding carboxylic acids is 1. The minimum Gasteiger partial charge on any atom is -0.480 e. The van der Waals surface area contributed by atoms with Gasteiger partial charge >= 0.3 is 12.1 Å². The molecular formula is C11H22N2O4. The Morgan fingerprint density at radius 3 is 2.41 bits per heavy atom. The average Bonchev–Trinajstić information content (AvgIpc) is 2.13. The lowest BCUT2D eigenvalue weighted by atomic mass is 10.2. The lowest BCUT2D eigenvalue weighted by Crippen LogP contribution is -2.33. The quantitative estimate of drug-likeness (QED) is 0.374. The van der Waals surface area contributed by atoms with Crippen molar-refractivity contribution in [1.82, 2.24) is 5.32 Å². The molecule has 0 saturated heterocycles. The fraction of sp³-hybridized carbons (Fsp3) is 0.818. The molecule has 0 unspecified atom stereocenters. The molecule has 0 heterocycles. The third kappa shape index (κ3) is 9.62. The molecule has 100 valence electrons. The van der Waals surface area contributed by atoms with Gasteiger partial charge in [-0.25, -0.2) is 4.79 Å². The molecule has 1 amide bonds. The summed E-state index contributed by atoms with van der Waals surface area (Å²) in [5, 5.41) is 11.1. The number of carbonyl (C=O) groups is 2. The van der Waals surface area contributed by atoms with Gasteiger partial charge in [-0.05, 0) is 40.0 Å². The Bertz CT molecular complexity index is 261. The molecule has 0 bridgehead atoms. The zero-order valence-electron chi connectivity index (χ0n) is 10.7. The average molecular weight is 254 g/mol. The van der Waals surface area contributed by atoms with Crippen LogP contribution < -0.4 is 11.1 Å².